The smallest absolute Gasteiger partial charge is 0.192 e. The van der Waals surface area contributed by atoms with Gasteiger partial charge in [0.2, 0.25) is 0 Å². The van der Waals surface area contributed by atoms with E-state index in [1.807, 2.05) is 0 Å². The van der Waals surface area contributed by atoms with E-state index in [1.165, 1.54) is 0 Å². The number of benzene rings is 1. The standard InChI is InChI=1S/C19H29ClO3Si/c1-19(2,3)24(4,5)23-17-9-7-16(8-10-17)22-18-11-6-15(20)12-14(18)13-21/h6,11-13,16-17H,7-10H2,1-5H3/t16-,17+. The molecule has 0 aliphatic heterocycles. The Kier molecular flexibility index (Phi) is 6.16. The van der Waals surface area contributed by atoms with Gasteiger partial charge < -0.3 is 9.16 Å². The van der Waals surface area contributed by atoms with Gasteiger partial charge in [0.15, 0.2) is 14.6 Å². The molecule has 3 nitrogen and oxygen atoms in total. The van der Waals surface area contributed by atoms with Gasteiger partial charge in [-0.2, -0.15) is 0 Å². The lowest BCUT2D eigenvalue weighted by molar-refractivity contribution is 0.0719. The first-order valence-corrected chi connectivity index (χ1v) is 12.0. The zero-order valence-electron chi connectivity index (χ0n) is 15.4. The fraction of sp³-hybridized carbons (Fsp3) is 0.632. The van der Waals surface area contributed by atoms with Crippen LogP contribution in [0.1, 0.15) is 56.8 Å². The zero-order valence-corrected chi connectivity index (χ0v) is 17.2. The lowest BCUT2D eigenvalue weighted by Gasteiger charge is -2.41. The molecule has 0 saturated heterocycles. The molecule has 0 heterocycles. The molecular weight excluding hydrogens is 340 g/mol. The highest BCUT2D eigenvalue weighted by Gasteiger charge is 2.40. The third-order valence-corrected chi connectivity index (χ3v) is 10.1. The first kappa shape index (κ1) is 19.5. The van der Waals surface area contributed by atoms with Crippen LogP contribution in [0.3, 0.4) is 0 Å². The SMILES string of the molecule is CC(C)(C)[Si](C)(C)O[C@H]1CC[C@@H](Oc2ccc(Cl)cc2C=O)CC1. The summed E-state index contributed by atoms with van der Waals surface area (Å²) >= 11 is 5.93. The Morgan fingerprint density at radius 2 is 1.71 bits per heavy atom. The van der Waals surface area contributed by atoms with E-state index in [-0.39, 0.29) is 11.1 Å². The van der Waals surface area contributed by atoms with Crippen LogP contribution in [0.2, 0.25) is 23.2 Å². The maximum atomic E-state index is 11.2. The van der Waals surface area contributed by atoms with Crippen LogP contribution in [-0.4, -0.2) is 26.8 Å². The molecule has 0 atom stereocenters. The molecule has 0 radical (unpaired) electrons. The molecule has 0 unspecified atom stereocenters. The second-order valence-electron chi connectivity index (χ2n) is 8.19. The zero-order chi connectivity index (χ0) is 18.0. The van der Waals surface area contributed by atoms with Crippen molar-refractivity contribution in [1.29, 1.82) is 0 Å². The van der Waals surface area contributed by atoms with E-state index in [9.17, 15) is 4.79 Å². The van der Waals surface area contributed by atoms with Gasteiger partial charge in [0.05, 0.1) is 11.7 Å². The molecule has 1 aromatic carbocycles. The van der Waals surface area contributed by atoms with E-state index in [0.29, 0.717) is 22.4 Å². The third kappa shape index (κ3) is 4.84. The van der Waals surface area contributed by atoms with E-state index >= 15 is 0 Å². The second kappa shape index (κ2) is 7.59. The fourth-order valence-corrected chi connectivity index (χ4v) is 4.36. The molecule has 2 rings (SSSR count). The molecule has 24 heavy (non-hydrogen) atoms. The molecule has 1 fully saturated rings. The Hall–Kier alpha value is -0.843. The van der Waals surface area contributed by atoms with Crippen molar-refractivity contribution in [2.24, 2.45) is 0 Å². The van der Waals surface area contributed by atoms with Crippen molar-refractivity contribution in [1.82, 2.24) is 0 Å². The number of carbonyl (C=O) groups is 1. The van der Waals surface area contributed by atoms with Gasteiger partial charge >= 0.3 is 0 Å². The van der Waals surface area contributed by atoms with E-state index in [1.54, 1.807) is 18.2 Å². The maximum absolute atomic E-state index is 11.2. The molecule has 1 saturated carbocycles. The molecule has 1 aliphatic rings. The third-order valence-electron chi connectivity index (χ3n) is 5.28. The number of rotatable bonds is 5. The highest BCUT2D eigenvalue weighted by atomic mass is 35.5. The van der Waals surface area contributed by atoms with Crippen molar-refractivity contribution in [3.63, 3.8) is 0 Å². The molecule has 0 spiro atoms. The number of hydrogen-bond donors (Lipinski definition) is 0. The van der Waals surface area contributed by atoms with Crippen LogP contribution >= 0.6 is 11.6 Å². The van der Waals surface area contributed by atoms with Crippen LogP contribution in [0.25, 0.3) is 0 Å². The lowest BCUT2D eigenvalue weighted by atomic mass is 9.95. The first-order valence-electron chi connectivity index (χ1n) is 8.71. The number of halogens is 1. The van der Waals surface area contributed by atoms with E-state index in [2.05, 4.69) is 33.9 Å². The quantitative estimate of drug-likeness (QED) is 0.482. The monoisotopic (exact) mass is 368 g/mol. The summed E-state index contributed by atoms with van der Waals surface area (Å²) in [6.45, 7) is 11.4. The minimum absolute atomic E-state index is 0.143. The van der Waals surface area contributed by atoms with Crippen molar-refractivity contribution in [2.75, 3.05) is 0 Å². The van der Waals surface area contributed by atoms with Gasteiger partial charge in [-0.05, 0) is 62.0 Å². The minimum Gasteiger partial charge on any atom is -0.490 e. The number of carbonyl (C=O) groups excluding carboxylic acids is 1. The number of ether oxygens (including phenoxy) is 1. The van der Waals surface area contributed by atoms with Gasteiger partial charge in [-0.1, -0.05) is 32.4 Å². The summed E-state index contributed by atoms with van der Waals surface area (Å²) in [5.74, 6) is 0.628. The molecule has 0 amide bonds. The van der Waals surface area contributed by atoms with E-state index in [4.69, 9.17) is 20.8 Å². The highest BCUT2D eigenvalue weighted by Crippen LogP contribution is 2.39. The predicted molar refractivity (Wildman–Crippen MR) is 102 cm³/mol. The van der Waals surface area contributed by atoms with Crippen LogP contribution in [0.5, 0.6) is 5.75 Å². The molecule has 0 aromatic heterocycles. The summed E-state index contributed by atoms with van der Waals surface area (Å²) in [6.07, 6.45) is 5.22. The van der Waals surface area contributed by atoms with Crippen molar-refractivity contribution in [3.05, 3.63) is 28.8 Å². The minimum atomic E-state index is -1.71. The average Bonchev–Trinajstić information content (AvgIpc) is 2.49. The van der Waals surface area contributed by atoms with E-state index in [0.717, 1.165) is 32.0 Å². The highest BCUT2D eigenvalue weighted by molar-refractivity contribution is 6.74. The molecule has 1 aromatic rings. The van der Waals surface area contributed by atoms with Crippen molar-refractivity contribution >= 4 is 26.2 Å². The first-order chi connectivity index (χ1) is 11.1. The predicted octanol–water partition coefficient (Wildman–Crippen LogP) is 5.86. The van der Waals surface area contributed by atoms with Gasteiger partial charge in [-0.25, -0.2) is 0 Å². The fourth-order valence-electron chi connectivity index (χ4n) is 2.76. The average molecular weight is 369 g/mol. The van der Waals surface area contributed by atoms with Crippen molar-refractivity contribution < 1.29 is 14.0 Å². The molecule has 0 N–H and O–H groups in total. The van der Waals surface area contributed by atoms with Gasteiger partial charge in [0, 0.05) is 11.1 Å². The van der Waals surface area contributed by atoms with E-state index < -0.39 is 8.32 Å². The van der Waals surface area contributed by atoms with Crippen LogP contribution in [0, 0.1) is 0 Å². The summed E-state index contributed by atoms with van der Waals surface area (Å²) in [6, 6.07) is 5.19. The Morgan fingerprint density at radius 1 is 1.12 bits per heavy atom. The van der Waals surface area contributed by atoms with Crippen LogP contribution < -0.4 is 4.74 Å². The van der Waals surface area contributed by atoms with Crippen LogP contribution in [0.4, 0.5) is 0 Å². The molecule has 5 heteroatoms. The number of hydrogen-bond acceptors (Lipinski definition) is 3. The summed E-state index contributed by atoms with van der Waals surface area (Å²) in [4.78, 5) is 11.2. The van der Waals surface area contributed by atoms with Crippen LogP contribution in [-0.2, 0) is 4.43 Å². The van der Waals surface area contributed by atoms with Gasteiger partial charge in [0.1, 0.15) is 5.75 Å². The van der Waals surface area contributed by atoms with Crippen molar-refractivity contribution in [3.8, 4) is 5.75 Å². The Labute approximate surface area is 151 Å². The van der Waals surface area contributed by atoms with Crippen molar-refractivity contribution in [2.45, 2.75) is 76.8 Å². The largest absolute Gasteiger partial charge is 0.490 e. The Balaban J connectivity index is 1.91. The molecule has 134 valence electrons. The number of aldehydes is 1. The summed E-state index contributed by atoms with van der Waals surface area (Å²) in [5, 5.41) is 0.790. The lowest BCUT2D eigenvalue weighted by Crippen LogP contribution is -2.45. The Morgan fingerprint density at radius 3 is 2.25 bits per heavy atom. The van der Waals surface area contributed by atoms with Gasteiger partial charge in [0.25, 0.3) is 0 Å². The van der Waals surface area contributed by atoms with Gasteiger partial charge in [-0.15, -0.1) is 0 Å². The van der Waals surface area contributed by atoms with Gasteiger partial charge in [-0.3, -0.25) is 4.79 Å². The molecular formula is C19H29ClO3Si. The topological polar surface area (TPSA) is 35.5 Å². The maximum Gasteiger partial charge on any atom is 0.192 e. The second-order valence-corrected chi connectivity index (χ2v) is 13.4. The Bertz CT molecular complexity index is 572. The normalized spacial score (nSPS) is 22.2. The summed E-state index contributed by atoms with van der Waals surface area (Å²) in [5.41, 5.74) is 0.516. The van der Waals surface area contributed by atoms with Crippen LogP contribution in [0.15, 0.2) is 18.2 Å². The summed E-state index contributed by atoms with van der Waals surface area (Å²) < 4.78 is 12.6. The molecule has 0 bridgehead atoms. The summed E-state index contributed by atoms with van der Waals surface area (Å²) in [7, 11) is -1.71. The molecule has 1 aliphatic carbocycles.